The zero-order valence-electron chi connectivity index (χ0n) is 15.5. The van der Waals surface area contributed by atoms with Crippen molar-refractivity contribution in [2.75, 3.05) is 24.7 Å². The molecule has 0 aliphatic rings. The number of aromatic nitrogens is 7. The van der Waals surface area contributed by atoms with E-state index in [-0.39, 0.29) is 16.9 Å². The van der Waals surface area contributed by atoms with Crippen LogP contribution in [0, 0.1) is 0 Å². The summed E-state index contributed by atoms with van der Waals surface area (Å²) in [6, 6.07) is 5.19. The third kappa shape index (κ3) is 5.22. The second kappa shape index (κ2) is 8.06. The maximum absolute atomic E-state index is 12.3. The number of anilines is 2. The van der Waals surface area contributed by atoms with E-state index in [1.165, 1.54) is 40.7 Å². The first-order valence-electron chi connectivity index (χ1n) is 8.12. The van der Waals surface area contributed by atoms with Gasteiger partial charge in [0.1, 0.15) is 11.6 Å². The summed E-state index contributed by atoms with van der Waals surface area (Å²) in [7, 11) is 3.56. The van der Waals surface area contributed by atoms with Crippen molar-refractivity contribution in [1.29, 1.82) is 0 Å². The molecule has 2 heterocycles. The number of thioether (sulfide) groups is 1. The van der Waals surface area contributed by atoms with E-state index >= 15 is 0 Å². The Morgan fingerprint density at radius 2 is 1.83 bits per heavy atom. The Morgan fingerprint density at radius 3 is 2.45 bits per heavy atom. The number of ether oxygens (including phenoxy) is 1. The van der Waals surface area contributed by atoms with Crippen LogP contribution < -0.4 is 15.4 Å². The van der Waals surface area contributed by atoms with Crippen LogP contribution in [-0.2, 0) is 0 Å². The van der Waals surface area contributed by atoms with Crippen LogP contribution in [-0.4, -0.2) is 55.6 Å². The maximum atomic E-state index is 12.3. The largest absolute Gasteiger partial charge is 0.573 e. The first-order valence-corrected chi connectivity index (χ1v) is 9.00. The highest BCUT2D eigenvalue weighted by Gasteiger charge is 2.31. The van der Waals surface area contributed by atoms with Crippen LogP contribution in [0.5, 0.6) is 5.75 Å². The molecule has 0 saturated heterocycles. The Balaban J connectivity index is 1.80. The lowest BCUT2D eigenvalue weighted by molar-refractivity contribution is -0.274. The van der Waals surface area contributed by atoms with Gasteiger partial charge in [-0.15, -0.1) is 18.3 Å². The number of nitrogen functional groups attached to an aromatic ring is 1. The van der Waals surface area contributed by atoms with E-state index in [4.69, 9.17) is 5.73 Å². The molecule has 0 amide bonds. The van der Waals surface area contributed by atoms with Crippen molar-refractivity contribution in [2.45, 2.75) is 23.7 Å². The van der Waals surface area contributed by atoms with Gasteiger partial charge >= 0.3 is 6.36 Å². The highest BCUT2D eigenvalue weighted by molar-refractivity contribution is 7.99. The van der Waals surface area contributed by atoms with Gasteiger partial charge < -0.3 is 15.4 Å². The van der Waals surface area contributed by atoms with E-state index in [9.17, 15) is 13.2 Å². The zero-order valence-corrected chi connectivity index (χ0v) is 16.3. The van der Waals surface area contributed by atoms with Gasteiger partial charge in [0.05, 0.1) is 10.9 Å². The molecular weight excluding hydrogens is 411 g/mol. The number of benzene rings is 1. The van der Waals surface area contributed by atoms with Gasteiger partial charge in [-0.2, -0.15) is 19.6 Å². The molecular formula is C15H16F3N9OS. The highest BCUT2D eigenvalue weighted by Crippen LogP contribution is 2.33. The topological polar surface area (TPSA) is 121 Å². The molecule has 0 fully saturated rings. The Bertz CT molecular complexity index is 978. The Morgan fingerprint density at radius 1 is 1.14 bits per heavy atom. The van der Waals surface area contributed by atoms with Crippen molar-refractivity contribution in [2.24, 2.45) is 0 Å². The predicted octanol–water partition coefficient (Wildman–Crippen LogP) is 2.25. The minimum Gasteiger partial charge on any atom is -0.406 e. The molecule has 0 saturated carbocycles. The summed E-state index contributed by atoms with van der Waals surface area (Å²) >= 11 is 1.26. The molecule has 1 unspecified atom stereocenters. The summed E-state index contributed by atoms with van der Waals surface area (Å²) in [6.07, 6.45) is -4.76. The van der Waals surface area contributed by atoms with Crippen LogP contribution >= 0.6 is 11.8 Å². The summed E-state index contributed by atoms with van der Waals surface area (Å²) in [5.41, 5.74) is 6.21. The van der Waals surface area contributed by atoms with Crippen molar-refractivity contribution in [3.8, 4) is 11.4 Å². The van der Waals surface area contributed by atoms with Crippen LogP contribution in [0.1, 0.15) is 18.0 Å². The lowest BCUT2D eigenvalue weighted by atomic mass is 10.3. The highest BCUT2D eigenvalue weighted by atomic mass is 32.2. The molecule has 0 aliphatic carbocycles. The van der Waals surface area contributed by atoms with Gasteiger partial charge in [0.25, 0.3) is 0 Å². The molecule has 154 valence electrons. The standard InChI is InChI=1S/C15H16F3N9OS/c1-8(11-20-12(19)22-13(21-11)26(2)3)29-14-23-24-25-27(14)9-4-6-10(7-5-9)28-15(16,17)18/h4-8H,1-3H3,(H2,19,20,21,22). The fourth-order valence-corrected chi connectivity index (χ4v) is 3.05. The fraction of sp³-hybridized carbons (Fsp3) is 0.333. The monoisotopic (exact) mass is 427 g/mol. The Labute approximate surface area is 167 Å². The molecule has 0 aliphatic heterocycles. The minimum atomic E-state index is -4.76. The van der Waals surface area contributed by atoms with Crippen molar-refractivity contribution >= 4 is 23.7 Å². The molecule has 2 aromatic heterocycles. The summed E-state index contributed by atoms with van der Waals surface area (Å²) in [4.78, 5) is 14.3. The van der Waals surface area contributed by atoms with Crippen molar-refractivity contribution in [3.05, 3.63) is 30.1 Å². The van der Waals surface area contributed by atoms with E-state index in [0.717, 1.165) is 0 Å². The molecule has 29 heavy (non-hydrogen) atoms. The molecule has 2 N–H and O–H groups in total. The van der Waals surface area contributed by atoms with Crippen LogP contribution in [0.4, 0.5) is 25.1 Å². The number of nitrogens with two attached hydrogens (primary N) is 1. The maximum Gasteiger partial charge on any atom is 0.573 e. The number of nitrogens with zero attached hydrogens (tertiary/aromatic N) is 8. The quantitative estimate of drug-likeness (QED) is 0.586. The Hall–Kier alpha value is -3.16. The van der Waals surface area contributed by atoms with Crippen molar-refractivity contribution < 1.29 is 17.9 Å². The summed E-state index contributed by atoms with van der Waals surface area (Å²) in [5.74, 6) is 0.606. The number of tetrazole rings is 1. The molecule has 10 nitrogen and oxygen atoms in total. The molecule has 0 bridgehead atoms. The molecule has 3 rings (SSSR count). The van der Waals surface area contributed by atoms with E-state index in [2.05, 4.69) is 35.2 Å². The fourth-order valence-electron chi connectivity index (χ4n) is 2.19. The van der Waals surface area contributed by atoms with E-state index in [0.29, 0.717) is 22.6 Å². The number of hydrogen-bond acceptors (Lipinski definition) is 10. The molecule has 0 spiro atoms. The van der Waals surface area contributed by atoms with Crippen molar-refractivity contribution in [3.63, 3.8) is 0 Å². The number of hydrogen-bond donors (Lipinski definition) is 1. The molecule has 14 heteroatoms. The Kier molecular flexibility index (Phi) is 5.72. The van der Waals surface area contributed by atoms with Gasteiger partial charge in [0.15, 0.2) is 0 Å². The third-order valence-electron chi connectivity index (χ3n) is 3.46. The molecule has 1 aromatic carbocycles. The number of alkyl halides is 3. The van der Waals surface area contributed by atoms with Gasteiger partial charge in [0.2, 0.25) is 17.1 Å². The van der Waals surface area contributed by atoms with Gasteiger partial charge in [-0.3, -0.25) is 0 Å². The van der Waals surface area contributed by atoms with Crippen LogP contribution in [0.25, 0.3) is 5.69 Å². The summed E-state index contributed by atoms with van der Waals surface area (Å²) in [5, 5.41) is 11.6. The van der Waals surface area contributed by atoms with E-state index in [1.54, 1.807) is 19.0 Å². The van der Waals surface area contributed by atoms with Gasteiger partial charge in [-0.05, 0) is 41.6 Å². The average Bonchev–Trinajstić information content (AvgIpc) is 3.08. The average molecular weight is 427 g/mol. The lowest BCUT2D eigenvalue weighted by Gasteiger charge is -2.14. The van der Waals surface area contributed by atoms with Crippen LogP contribution in [0.2, 0.25) is 0 Å². The number of rotatable bonds is 6. The van der Waals surface area contributed by atoms with Crippen LogP contribution in [0.3, 0.4) is 0 Å². The smallest absolute Gasteiger partial charge is 0.406 e. The summed E-state index contributed by atoms with van der Waals surface area (Å²) in [6.45, 7) is 1.85. The normalized spacial score (nSPS) is 12.6. The SMILES string of the molecule is CC(Sc1nnnn1-c1ccc(OC(F)(F)F)cc1)c1nc(N)nc(N(C)C)n1. The second-order valence-corrected chi connectivity index (χ2v) is 7.23. The minimum absolute atomic E-state index is 0.0889. The van der Waals surface area contributed by atoms with Gasteiger partial charge in [-0.25, -0.2) is 0 Å². The van der Waals surface area contributed by atoms with Gasteiger partial charge in [-0.1, -0.05) is 11.8 Å². The van der Waals surface area contributed by atoms with E-state index < -0.39 is 6.36 Å². The van der Waals surface area contributed by atoms with Crippen LogP contribution in [0.15, 0.2) is 29.4 Å². The first-order chi connectivity index (χ1) is 13.6. The molecule has 0 radical (unpaired) electrons. The molecule has 3 aromatic rings. The first kappa shape index (κ1) is 20.6. The lowest BCUT2D eigenvalue weighted by Crippen LogP contribution is -2.17. The van der Waals surface area contributed by atoms with Gasteiger partial charge in [0, 0.05) is 14.1 Å². The number of halogens is 3. The molecule has 1 atom stereocenters. The van der Waals surface area contributed by atoms with Crippen molar-refractivity contribution in [1.82, 2.24) is 35.2 Å². The summed E-state index contributed by atoms with van der Waals surface area (Å²) < 4.78 is 42.1. The zero-order chi connectivity index (χ0) is 21.2. The van der Waals surface area contributed by atoms with E-state index in [1.807, 2.05) is 6.92 Å². The third-order valence-corrected chi connectivity index (χ3v) is 4.49. The second-order valence-electron chi connectivity index (χ2n) is 5.92. The predicted molar refractivity (Wildman–Crippen MR) is 98.7 cm³/mol.